The lowest BCUT2D eigenvalue weighted by Gasteiger charge is -2.06. The highest BCUT2D eigenvalue weighted by Gasteiger charge is 2.04. The van der Waals surface area contributed by atoms with Crippen molar-refractivity contribution in [1.82, 2.24) is 5.32 Å². The summed E-state index contributed by atoms with van der Waals surface area (Å²) in [6.07, 6.45) is 2.39. The van der Waals surface area contributed by atoms with Crippen molar-refractivity contribution in [2.75, 3.05) is 18.5 Å². The van der Waals surface area contributed by atoms with Crippen LogP contribution in [0.1, 0.15) is 18.2 Å². The molecule has 5 heteroatoms. The van der Waals surface area contributed by atoms with Crippen molar-refractivity contribution in [2.24, 2.45) is 0 Å². The van der Waals surface area contributed by atoms with Gasteiger partial charge in [0, 0.05) is 18.3 Å². The highest BCUT2D eigenvalue weighted by Crippen LogP contribution is 2.21. The van der Waals surface area contributed by atoms with Crippen LogP contribution in [0.3, 0.4) is 0 Å². The van der Waals surface area contributed by atoms with E-state index in [1.807, 2.05) is 11.4 Å². The van der Waals surface area contributed by atoms with Crippen molar-refractivity contribution < 1.29 is 9.53 Å². The number of carbonyl (C=O) groups is 1. The van der Waals surface area contributed by atoms with E-state index in [2.05, 4.69) is 17.2 Å². The van der Waals surface area contributed by atoms with Crippen molar-refractivity contribution in [3.05, 3.63) is 29.2 Å². The van der Waals surface area contributed by atoms with Gasteiger partial charge in [0.25, 0.3) is 0 Å². The Morgan fingerprint density at radius 1 is 1.65 bits per heavy atom. The van der Waals surface area contributed by atoms with E-state index in [0.29, 0.717) is 6.61 Å². The average Bonchev–Trinajstić information content (AvgIpc) is 2.70. The van der Waals surface area contributed by atoms with E-state index >= 15 is 0 Å². The zero-order chi connectivity index (χ0) is 12.5. The topological polar surface area (TPSA) is 50.4 Å². The van der Waals surface area contributed by atoms with E-state index in [1.165, 1.54) is 13.2 Å². The fourth-order valence-electron chi connectivity index (χ4n) is 1.34. The number of hydrogen-bond acceptors (Lipinski definition) is 4. The largest absolute Gasteiger partial charge is 0.502 e. The van der Waals surface area contributed by atoms with Gasteiger partial charge in [0.1, 0.15) is 0 Å². The fourth-order valence-corrected chi connectivity index (χ4v) is 2.14. The van der Waals surface area contributed by atoms with Crippen LogP contribution in [0.2, 0.25) is 0 Å². The molecule has 0 bridgehead atoms. The van der Waals surface area contributed by atoms with Gasteiger partial charge in [-0.15, -0.1) is 11.3 Å². The van der Waals surface area contributed by atoms with Crippen molar-refractivity contribution in [2.45, 2.75) is 19.9 Å². The van der Waals surface area contributed by atoms with Crippen molar-refractivity contribution in [1.29, 1.82) is 0 Å². The van der Waals surface area contributed by atoms with Crippen LogP contribution in [0.15, 0.2) is 24.3 Å². The number of carbonyl (C=O) groups excluding carboxylic acids is 1. The number of hydrogen-bond donors (Lipinski definition) is 2. The minimum Gasteiger partial charge on any atom is -0.502 e. The monoisotopic (exact) mass is 254 g/mol. The van der Waals surface area contributed by atoms with E-state index in [-0.39, 0.29) is 5.91 Å². The first kappa shape index (κ1) is 13.7. The van der Waals surface area contributed by atoms with Crippen molar-refractivity contribution in [3.8, 4) is 0 Å². The van der Waals surface area contributed by atoms with Crippen molar-refractivity contribution >= 4 is 22.9 Å². The van der Waals surface area contributed by atoms with Gasteiger partial charge in [-0.05, 0) is 24.4 Å². The van der Waals surface area contributed by atoms with Gasteiger partial charge in [-0.2, -0.15) is 0 Å². The Balaban J connectivity index is 2.24. The molecule has 0 aromatic carbocycles. The minimum atomic E-state index is -0.0379. The molecule has 0 atom stereocenters. The molecule has 0 saturated carbocycles. The Morgan fingerprint density at radius 3 is 3.18 bits per heavy atom. The van der Waals surface area contributed by atoms with Crippen LogP contribution in [-0.4, -0.2) is 19.1 Å². The normalized spacial score (nSPS) is 9.94. The van der Waals surface area contributed by atoms with Crippen LogP contribution in [0.5, 0.6) is 0 Å². The van der Waals surface area contributed by atoms with Gasteiger partial charge in [0.15, 0.2) is 0 Å². The summed E-state index contributed by atoms with van der Waals surface area (Å²) in [6, 6.07) is 1.92. The summed E-state index contributed by atoms with van der Waals surface area (Å²) >= 11 is 1.64. The highest BCUT2D eigenvalue weighted by atomic mass is 32.1. The summed E-state index contributed by atoms with van der Waals surface area (Å²) in [4.78, 5) is 12.1. The predicted molar refractivity (Wildman–Crippen MR) is 71.1 cm³/mol. The number of ether oxygens (including phenoxy) is 1. The zero-order valence-corrected chi connectivity index (χ0v) is 10.8. The number of nitrogens with one attached hydrogen (secondary N) is 2. The Hall–Kier alpha value is -1.33. The number of amides is 1. The molecule has 0 aliphatic heterocycles. The van der Waals surface area contributed by atoms with Gasteiger partial charge in [-0.25, -0.2) is 0 Å². The van der Waals surface area contributed by atoms with E-state index in [4.69, 9.17) is 4.74 Å². The maximum absolute atomic E-state index is 11.0. The Bertz CT molecular complexity index is 363. The molecule has 2 N–H and O–H groups in total. The fraction of sp³-hybridized carbons (Fsp3) is 0.417. The maximum Gasteiger partial charge on any atom is 0.221 e. The number of anilines is 1. The number of rotatable bonds is 8. The van der Waals surface area contributed by atoms with E-state index in [0.717, 1.165) is 30.1 Å². The first-order valence-electron chi connectivity index (χ1n) is 5.51. The van der Waals surface area contributed by atoms with Gasteiger partial charge >= 0.3 is 0 Å². The molecule has 1 aromatic heterocycles. The van der Waals surface area contributed by atoms with Gasteiger partial charge in [-0.1, -0.05) is 6.58 Å². The van der Waals surface area contributed by atoms with Crippen LogP contribution in [0, 0.1) is 0 Å². The second-order valence-corrected chi connectivity index (χ2v) is 4.51. The minimum absolute atomic E-state index is 0.0379. The lowest BCUT2D eigenvalue weighted by molar-refractivity contribution is -0.114. The summed E-state index contributed by atoms with van der Waals surface area (Å²) in [5, 5.41) is 8.09. The first-order valence-corrected chi connectivity index (χ1v) is 6.39. The smallest absolute Gasteiger partial charge is 0.221 e. The Kier molecular flexibility index (Phi) is 6.35. The molecule has 1 heterocycles. The lowest BCUT2D eigenvalue weighted by Crippen LogP contribution is -2.16. The third-order valence-corrected chi connectivity index (χ3v) is 3.00. The molecule has 1 amide bonds. The quantitative estimate of drug-likeness (QED) is 0.553. The Labute approximate surface area is 106 Å². The molecule has 0 saturated heterocycles. The second kappa shape index (κ2) is 7.86. The van der Waals surface area contributed by atoms with Crippen LogP contribution in [0.4, 0.5) is 5.69 Å². The SMILES string of the molecule is C=COCCCNCc1sccc1NC(C)=O. The molecule has 94 valence electrons. The van der Waals surface area contributed by atoms with E-state index < -0.39 is 0 Å². The number of thiophene rings is 1. The van der Waals surface area contributed by atoms with Gasteiger partial charge in [-0.3, -0.25) is 4.79 Å². The first-order chi connectivity index (χ1) is 8.24. The molecule has 0 spiro atoms. The highest BCUT2D eigenvalue weighted by molar-refractivity contribution is 7.10. The van der Waals surface area contributed by atoms with Gasteiger partial charge in [0.2, 0.25) is 5.91 Å². The molecule has 0 radical (unpaired) electrons. The average molecular weight is 254 g/mol. The molecular formula is C12H18N2O2S. The third-order valence-electron chi connectivity index (χ3n) is 2.08. The van der Waals surface area contributed by atoms with E-state index in [1.54, 1.807) is 11.3 Å². The summed E-state index contributed by atoms with van der Waals surface area (Å²) in [6.45, 7) is 7.32. The molecule has 0 aliphatic rings. The molecule has 17 heavy (non-hydrogen) atoms. The van der Waals surface area contributed by atoms with Gasteiger partial charge in [0.05, 0.1) is 18.6 Å². The van der Waals surface area contributed by atoms with Crippen LogP contribution < -0.4 is 10.6 Å². The lowest BCUT2D eigenvalue weighted by atomic mass is 10.3. The second-order valence-electron chi connectivity index (χ2n) is 3.51. The van der Waals surface area contributed by atoms with Crippen LogP contribution in [0.25, 0.3) is 0 Å². The molecule has 1 rings (SSSR count). The zero-order valence-electron chi connectivity index (χ0n) is 9.99. The van der Waals surface area contributed by atoms with Crippen LogP contribution >= 0.6 is 11.3 Å². The molecule has 4 nitrogen and oxygen atoms in total. The third kappa shape index (κ3) is 5.51. The van der Waals surface area contributed by atoms with E-state index in [9.17, 15) is 4.79 Å². The molecule has 1 aromatic rings. The summed E-state index contributed by atoms with van der Waals surface area (Å²) in [5.74, 6) is -0.0379. The maximum atomic E-state index is 11.0. The molecule has 0 aliphatic carbocycles. The van der Waals surface area contributed by atoms with Crippen molar-refractivity contribution in [3.63, 3.8) is 0 Å². The van der Waals surface area contributed by atoms with Crippen LogP contribution in [-0.2, 0) is 16.1 Å². The van der Waals surface area contributed by atoms with Gasteiger partial charge < -0.3 is 15.4 Å². The standard InChI is InChI=1S/C12H18N2O2S/c1-3-16-7-4-6-13-9-12-11(5-8-17-12)14-10(2)15/h3,5,8,13H,1,4,6-7,9H2,2H3,(H,14,15). The Morgan fingerprint density at radius 2 is 2.47 bits per heavy atom. The summed E-state index contributed by atoms with van der Waals surface area (Å²) in [7, 11) is 0. The molecular weight excluding hydrogens is 236 g/mol. The molecule has 0 unspecified atom stereocenters. The summed E-state index contributed by atoms with van der Waals surface area (Å²) < 4.78 is 5.02. The predicted octanol–water partition coefficient (Wildman–Crippen LogP) is 2.35. The molecule has 0 fully saturated rings. The summed E-state index contributed by atoms with van der Waals surface area (Å²) in [5.41, 5.74) is 0.900.